The van der Waals surface area contributed by atoms with E-state index in [9.17, 15) is 9.59 Å². The molecule has 0 atom stereocenters. The van der Waals surface area contributed by atoms with Crippen molar-refractivity contribution < 1.29 is 9.59 Å². The fraction of sp³-hybridized carbons (Fsp3) is 0.591. The molecule has 0 spiro atoms. The normalized spacial score (nSPS) is 18.0. The Morgan fingerprint density at radius 2 is 1.76 bits per heavy atom. The van der Waals surface area contributed by atoms with Crippen LogP contribution < -0.4 is 20.9 Å². The van der Waals surface area contributed by atoms with Gasteiger partial charge in [-0.05, 0) is 37.0 Å². The molecule has 29 heavy (non-hydrogen) atoms. The van der Waals surface area contributed by atoms with Crippen LogP contribution in [0.25, 0.3) is 0 Å². The van der Waals surface area contributed by atoms with Gasteiger partial charge in [-0.1, -0.05) is 31.4 Å². The van der Waals surface area contributed by atoms with Gasteiger partial charge in [-0.3, -0.25) is 14.6 Å². The van der Waals surface area contributed by atoms with Crippen LogP contribution in [0.2, 0.25) is 0 Å². The number of benzene rings is 1. The maximum atomic E-state index is 12.2. The first-order chi connectivity index (χ1) is 14.2. The highest BCUT2D eigenvalue weighted by Crippen LogP contribution is 2.23. The van der Waals surface area contributed by atoms with E-state index in [-0.39, 0.29) is 17.7 Å². The van der Waals surface area contributed by atoms with E-state index in [4.69, 9.17) is 0 Å². The van der Waals surface area contributed by atoms with E-state index in [1.54, 1.807) is 7.05 Å². The molecule has 158 valence electrons. The summed E-state index contributed by atoms with van der Waals surface area (Å²) >= 11 is 0. The molecular weight excluding hydrogens is 366 g/mol. The number of guanidine groups is 1. The summed E-state index contributed by atoms with van der Waals surface area (Å²) in [5.74, 6) is 1.29. The molecule has 0 unspecified atom stereocenters. The maximum absolute atomic E-state index is 12.2. The lowest BCUT2D eigenvalue weighted by molar-refractivity contribution is -0.125. The number of carbonyl (C=O) groups excluding carboxylic acids is 2. The highest BCUT2D eigenvalue weighted by molar-refractivity contribution is 5.95. The summed E-state index contributed by atoms with van der Waals surface area (Å²) in [4.78, 5) is 30.1. The zero-order valence-corrected chi connectivity index (χ0v) is 17.4. The molecule has 1 aliphatic carbocycles. The van der Waals surface area contributed by atoms with Crippen molar-refractivity contribution in [1.29, 1.82) is 0 Å². The largest absolute Gasteiger partial charge is 0.355 e. The molecule has 1 saturated heterocycles. The molecule has 1 aliphatic heterocycles. The van der Waals surface area contributed by atoms with Crippen LogP contribution in [0, 0.1) is 5.92 Å². The zero-order valence-electron chi connectivity index (χ0n) is 17.4. The Bertz CT molecular complexity index is 710. The Morgan fingerprint density at radius 3 is 2.41 bits per heavy atom. The van der Waals surface area contributed by atoms with Gasteiger partial charge >= 0.3 is 0 Å². The van der Waals surface area contributed by atoms with E-state index in [1.165, 1.54) is 19.3 Å². The summed E-state index contributed by atoms with van der Waals surface area (Å²) in [7, 11) is 1.73. The second-order valence-electron chi connectivity index (χ2n) is 7.79. The Kier molecular flexibility index (Phi) is 7.90. The topological polar surface area (TPSA) is 85.8 Å². The lowest BCUT2D eigenvalue weighted by atomic mass is 9.89. The summed E-state index contributed by atoms with van der Waals surface area (Å²) in [5.41, 5.74) is 2.08. The molecule has 1 aromatic rings. The van der Waals surface area contributed by atoms with Crippen molar-refractivity contribution in [3.05, 3.63) is 29.8 Å². The Balaban J connectivity index is 1.35. The number of carbonyl (C=O) groups is 2. The SMILES string of the molecule is CN=C(NCCNC(=O)C1CCCCC1)NCc1ccc(N2CCCC2=O)cc1. The predicted octanol–water partition coefficient (Wildman–Crippen LogP) is 2.17. The highest BCUT2D eigenvalue weighted by atomic mass is 16.2. The molecular formula is C22H33N5O2. The summed E-state index contributed by atoms with van der Waals surface area (Å²) in [6.45, 7) is 2.68. The minimum Gasteiger partial charge on any atom is -0.355 e. The molecule has 7 heteroatoms. The highest BCUT2D eigenvalue weighted by Gasteiger charge is 2.21. The first-order valence-corrected chi connectivity index (χ1v) is 10.8. The number of hydrogen-bond donors (Lipinski definition) is 3. The standard InChI is InChI=1S/C22H33N5O2/c1-23-22(25-14-13-24-21(29)18-6-3-2-4-7-18)26-16-17-9-11-19(12-10-17)27-15-5-8-20(27)28/h9-12,18H,2-8,13-16H2,1H3,(H,24,29)(H2,23,25,26). The molecule has 3 rings (SSSR count). The fourth-order valence-electron chi connectivity index (χ4n) is 4.00. The van der Waals surface area contributed by atoms with Crippen molar-refractivity contribution >= 4 is 23.5 Å². The molecule has 2 aliphatic rings. The van der Waals surface area contributed by atoms with Crippen LogP contribution >= 0.6 is 0 Å². The second-order valence-corrected chi connectivity index (χ2v) is 7.79. The summed E-state index contributed by atoms with van der Waals surface area (Å²) in [6, 6.07) is 8.06. The third kappa shape index (κ3) is 6.21. The second kappa shape index (κ2) is 10.8. The molecule has 0 radical (unpaired) electrons. The minimum atomic E-state index is 0.186. The monoisotopic (exact) mass is 399 g/mol. The van der Waals surface area contributed by atoms with Crippen LogP contribution in [0.3, 0.4) is 0 Å². The first-order valence-electron chi connectivity index (χ1n) is 10.8. The van der Waals surface area contributed by atoms with Gasteiger partial charge in [0.05, 0.1) is 0 Å². The van der Waals surface area contributed by atoms with Gasteiger partial charge in [0.1, 0.15) is 0 Å². The van der Waals surface area contributed by atoms with E-state index >= 15 is 0 Å². The maximum Gasteiger partial charge on any atom is 0.227 e. The van der Waals surface area contributed by atoms with E-state index in [1.807, 2.05) is 29.2 Å². The molecule has 0 aromatic heterocycles. The minimum absolute atomic E-state index is 0.186. The predicted molar refractivity (Wildman–Crippen MR) is 116 cm³/mol. The molecule has 1 aromatic carbocycles. The molecule has 7 nitrogen and oxygen atoms in total. The summed E-state index contributed by atoms with van der Waals surface area (Å²) in [5, 5.41) is 9.54. The van der Waals surface area contributed by atoms with Gasteiger partial charge < -0.3 is 20.9 Å². The van der Waals surface area contributed by atoms with Gasteiger partial charge in [0.25, 0.3) is 0 Å². The quantitative estimate of drug-likeness (QED) is 0.373. The van der Waals surface area contributed by atoms with E-state index in [0.29, 0.717) is 32.0 Å². The fourth-order valence-corrected chi connectivity index (χ4v) is 4.00. The number of nitrogens with zero attached hydrogens (tertiary/aromatic N) is 2. The van der Waals surface area contributed by atoms with Crippen molar-refractivity contribution in [1.82, 2.24) is 16.0 Å². The van der Waals surface area contributed by atoms with Crippen molar-refractivity contribution in [3.8, 4) is 0 Å². The number of rotatable bonds is 7. The number of amides is 2. The summed E-state index contributed by atoms with van der Waals surface area (Å²) < 4.78 is 0. The van der Waals surface area contributed by atoms with Crippen LogP contribution in [-0.2, 0) is 16.1 Å². The van der Waals surface area contributed by atoms with Crippen molar-refractivity contribution in [2.75, 3.05) is 31.6 Å². The zero-order chi connectivity index (χ0) is 20.5. The van der Waals surface area contributed by atoms with Gasteiger partial charge in [-0.25, -0.2) is 0 Å². The van der Waals surface area contributed by atoms with Gasteiger partial charge in [-0.2, -0.15) is 0 Å². The average Bonchev–Trinajstić information content (AvgIpc) is 3.20. The molecule has 3 N–H and O–H groups in total. The van der Waals surface area contributed by atoms with Crippen LogP contribution in [-0.4, -0.2) is 44.5 Å². The number of anilines is 1. The van der Waals surface area contributed by atoms with E-state index in [2.05, 4.69) is 20.9 Å². The molecule has 2 amide bonds. The van der Waals surface area contributed by atoms with Gasteiger partial charge in [-0.15, -0.1) is 0 Å². The summed E-state index contributed by atoms with van der Waals surface area (Å²) in [6.07, 6.45) is 7.22. The van der Waals surface area contributed by atoms with E-state index in [0.717, 1.165) is 37.1 Å². The van der Waals surface area contributed by atoms with Crippen LogP contribution in [0.15, 0.2) is 29.3 Å². The number of aliphatic imine (C=N–C) groups is 1. The van der Waals surface area contributed by atoms with Gasteiger partial charge in [0, 0.05) is 51.3 Å². The molecule has 0 bridgehead atoms. The Hall–Kier alpha value is -2.57. The number of nitrogens with one attached hydrogen (secondary N) is 3. The molecule has 2 fully saturated rings. The smallest absolute Gasteiger partial charge is 0.227 e. The lowest BCUT2D eigenvalue weighted by Crippen LogP contribution is -2.42. The van der Waals surface area contributed by atoms with Crippen molar-refractivity contribution in [3.63, 3.8) is 0 Å². The third-order valence-electron chi connectivity index (χ3n) is 5.70. The molecule has 1 heterocycles. The van der Waals surface area contributed by atoms with Crippen LogP contribution in [0.1, 0.15) is 50.5 Å². The lowest BCUT2D eigenvalue weighted by Gasteiger charge is -2.21. The van der Waals surface area contributed by atoms with Gasteiger partial charge in [0.15, 0.2) is 5.96 Å². The van der Waals surface area contributed by atoms with Crippen LogP contribution in [0.5, 0.6) is 0 Å². The first kappa shape index (κ1) is 21.1. The Morgan fingerprint density at radius 1 is 1.03 bits per heavy atom. The molecule has 1 saturated carbocycles. The number of hydrogen-bond acceptors (Lipinski definition) is 3. The van der Waals surface area contributed by atoms with Crippen LogP contribution in [0.4, 0.5) is 5.69 Å². The van der Waals surface area contributed by atoms with E-state index < -0.39 is 0 Å². The average molecular weight is 400 g/mol. The van der Waals surface area contributed by atoms with Gasteiger partial charge in [0.2, 0.25) is 11.8 Å². The van der Waals surface area contributed by atoms with Crippen molar-refractivity contribution in [2.45, 2.75) is 51.5 Å². The third-order valence-corrected chi connectivity index (χ3v) is 5.70. The van der Waals surface area contributed by atoms with Crippen molar-refractivity contribution in [2.24, 2.45) is 10.9 Å². The Labute approximate surface area is 173 Å².